The van der Waals surface area contributed by atoms with Gasteiger partial charge in [-0.25, -0.2) is 4.79 Å². The van der Waals surface area contributed by atoms with Gasteiger partial charge in [0, 0.05) is 6.42 Å². The van der Waals surface area contributed by atoms with Crippen LogP contribution in [0, 0.1) is 5.92 Å². The van der Waals surface area contributed by atoms with Crippen LogP contribution in [0.1, 0.15) is 46.5 Å². The Morgan fingerprint density at radius 3 is 2.14 bits per heavy atom. The van der Waals surface area contributed by atoms with Gasteiger partial charge in [0.05, 0.1) is 6.04 Å². The molecule has 4 atom stereocenters. The second kappa shape index (κ2) is 11.3. The highest BCUT2D eigenvalue weighted by Gasteiger charge is 2.31. The summed E-state index contributed by atoms with van der Waals surface area (Å²) in [5.41, 5.74) is 0. The maximum Gasteiger partial charge on any atom is 0.326 e. The topological polar surface area (TPSA) is 174 Å². The number of aliphatic carboxylic acids is 2. The molecule has 1 aliphatic rings. The van der Waals surface area contributed by atoms with Crippen molar-refractivity contribution >= 4 is 29.7 Å². The third-order valence-electron chi connectivity index (χ3n) is 4.64. The van der Waals surface area contributed by atoms with Crippen molar-refractivity contribution in [2.45, 2.75) is 70.6 Å². The lowest BCUT2D eigenvalue weighted by Gasteiger charge is -2.26. The van der Waals surface area contributed by atoms with Crippen molar-refractivity contribution < 1.29 is 34.2 Å². The standard InChI is InChI=1S/C18H30N4O7/c1-9(2)14(17(27)21-12(18(28)29)6-7-13(23)24)22-15(25)10(3)20-16(26)11-5-4-8-19-11/h9-12,14,19H,4-8H2,1-3H3,(H,20,26)(H,21,27)(H,22,25)(H,23,24)(H,28,29). The van der Waals surface area contributed by atoms with E-state index in [-0.39, 0.29) is 24.3 Å². The van der Waals surface area contributed by atoms with Crippen LogP contribution in [0.3, 0.4) is 0 Å². The zero-order chi connectivity index (χ0) is 22.1. The van der Waals surface area contributed by atoms with Crippen LogP contribution in [0.2, 0.25) is 0 Å². The Morgan fingerprint density at radius 2 is 1.66 bits per heavy atom. The van der Waals surface area contributed by atoms with Crippen molar-refractivity contribution in [2.75, 3.05) is 6.54 Å². The second-order valence-electron chi connectivity index (χ2n) is 7.44. The molecule has 29 heavy (non-hydrogen) atoms. The Morgan fingerprint density at radius 1 is 1.00 bits per heavy atom. The molecule has 0 aromatic rings. The first-order valence-corrected chi connectivity index (χ1v) is 9.62. The van der Waals surface area contributed by atoms with Crippen LogP contribution in [0.15, 0.2) is 0 Å². The number of hydrogen-bond donors (Lipinski definition) is 6. The summed E-state index contributed by atoms with van der Waals surface area (Å²) in [6, 6.07) is -3.67. The number of amides is 3. The molecule has 4 unspecified atom stereocenters. The summed E-state index contributed by atoms with van der Waals surface area (Å²) in [4.78, 5) is 59.0. The molecule has 164 valence electrons. The molecule has 0 aromatic heterocycles. The smallest absolute Gasteiger partial charge is 0.326 e. The third-order valence-corrected chi connectivity index (χ3v) is 4.64. The minimum Gasteiger partial charge on any atom is -0.481 e. The molecule has 0 aliphatic carbocycles. The first-order valence-electron chi connectivity index (χ1n) is 9.62. The number of rotatable bonds is 11. The van der Waals surface area contributed by atoms with Crippen molar-refractivity contribution in [2.24, 2.45) is 5.92 Å². The molecule has 1 saturated heterocycles. The average molecular weight is 414 g/mol. The van der Waals surface area contributed by atoms with Gasteiger partial charge in [0.25, 0.3) is 0 Å². The zero-order valence-electron chi connectivity index (χ0n) is 16.9. The third kappa shape index (κ3) is 8.06. The van der Waals surface area contributed by atoms with E-state index in [2.05, 4.69) is 21.3 Å². The van der Waals surface area contributed by atoms with Crippen molar-refractivity contribution in [3.63, 3.8) is 0 Å². The highest BCUT2D eigenvalue weighted by molar-refractivity contribution is 5.94. The molecule has 1 aliphatic heterocycles. The lowest BCUT2D eigenvalue weighted by Crippen LogP contribution is -2.57. The minimum atomic E-state index is -1.39. The van der Waals surface area contributed by atoms with Crippen molar-refractivity contribution in [1.29, 1.82) is 0 Å². The van der Waals surface area contributed by atoms with Gasteiger partial charge in [-0.1, -0.05) is 13.8 Å². The molecule has 11 heteroatoms. The van der Waals surface area contributed by atoms with Crippen LogP contribution in [-0.4, -0.2) is 70.6 Å². The van der Waals surface area contributed by atoms with Gasteiger partial charge in [-0.3, -0.25) is 19.2 Å². The van der Waals surface area contributed by atoms with Crippen LogP contribution in [0.25, 0.3) is 0 Å². The maximum absolute atomic E-state index is 12.5. The monoisotopic (exact) mass is 414 g/mol. The molecule has 1 heterocycles. The largest absolute Gasteiger partial charge is 0.481 e. The van der Waals surface area contributed by atoms with E-state index in [1.807, 2.05) is 0 Å². The number of carbonyl (C=O) groups is 5. The van der Waals surface area contributed by atoms with E-state index >= 15 is 0 Å². The highest BCUT2D eigenvalue weighted by Crippen LogP contribution is 2.07. The van der Waals surface area contributed by atoms with Gasteiger partial charge in [0.15, 0.2) is 0 Å². The maximum atomic E-state index is 12.5. The normalized spacial score (nSPS) is 19.1. The zero-order valence-corrected chi connectivity index (χ0v) is 16.9. The Kier molecular flexibility index (Phi) is 9.53. The predicted molar refractivity (Wildman–Crippen MR) is 102 cm³/mol. The Labute approximate surface area is 169 Å². The van der Waals surface area contributed by atoms with Crippen molar-refractivity contribution in [3.8, 4) is 0 Å². The summed E-state index contributed by atoms with van der Waals surface area (Å²) < 4.78 is 0. The molecule has 0 bridgehead atoms. The number of nitrogens with one attached hydrogen (secondary N) is 4. The van der Waals surface area contributed by atoms with Crippen LogP contribution >= 0.6 is 0 Å². The van der Waals surface area contributed by atoms with Crippen LogP contribution in [0.4, 0.5) is 0 Å². The molecular formula is C18H30N4O7. The quantitative estimate of drug-likeness (QED) is 0.245. The van der Waals surface area contributed by atoms with Gasteiger partial charge >= 0.3 is 11.9 Å². The molecule has 0 radical (unpaired) electrons. The first kappa shape index (κ1) is 24.3. The molecule has 1 fully saturated rings. The molecule has 11 nitrogen and oxygen atoms in total. The van der Waals surface area contributed by atoms with Gasteiger partial charge < -0.3 is 31.5 Å². The summed E-state index contributed by atoms with van der Waals surface area (Å²) in [5.74, 6) is -4.52. The summed E-state index contributed by atoms with van der Waals surface area (Å²) in [6.07, 6.45) is 0.856. The molecule has 0 saturated carbocycles. The van der Waals surface area contributed by atoms with Gasteiger partial charge in [-0.2, -0.15) is 0 Å². The minimum absolute atomic E-state index is 0.282. The van der Waals surface area contributed by atoms with E-state index in [1.165, 1.54) is 6.92 Å². The van der Waals surface area contributed by atoms with Gasteiger partial charge in [-0.05, 0) is 38.6 Å². The summed E-state index contributed by atoms with van der Waals surface area (Å²) in [5, 5.41) is 28.3. The lowest BCUT2D eigenvalue weighted by molar-refractivity contribution is -0.143. The Hall–Kier alpha value is -2.69. The average Bonchev–Trinajstić information content (AvgIpc) is 3.16. The summed E-state index contributed by atoms with van der Waals surface area (Å²) in [6.45, 7) is 5.57. The molecule has 0 aromatic carbocycles. The highest BCUT2D eigenvalue weighted by atomic mass is 16.4. The predicted octanol–water partition coefficient (Wildman–Crippen LogP) is -1.18. The fourth-order valence-corrected chi connectivity index (χ4v) is 2.89. The summed E-state index contributed by atoms with van der Waals surface area (Å²) >= 11 is 0. The Bertz CT molecular complexity index is 632. The van der Waals surface area contributed by atoms with Crippen LogP contribution < -0.4 is 21.3 Å². The molecule has 3 amide bonds. The summed E-state index contributed by atoms with van der Waals surface area (Å²) in [7, 11) is 0. The van der Waals surface area contributed by atoms with Gasteiger partial charge in [-0.15, -0.1) is 0 Å². The Balaban J connectivity index is 2.68. The van der Waals surface area contributed by atoms with Gasteiger partial charge in [0.2, 0.25) is 17.7 Å². The number of carboxylic acids is 2. The fourth-order valence-electron chi connectivity index (χ4n) is 2.89. The number of carboxylic acid groups (broad SMARTS) is 2. The van der Waals surface area contributed by atoms with E-state index in [0.29, 0.717) is 6.42 Å². The van der Waals surface area contributed by atoms with E-state index in [9.17, 15) is 29.1 Å². The van der Waals surface area contributed by atoms with Crippen LogP contribution in [-0.2, 0) is 24.0 Å². The number of carbonyl (C=O) groups excluding carboxylic acids is 3. The fraction of sp³-hybridized carbons (Fsp3) is 0.722. The van der Waals surface area contributed by atoms with E-state index in [1.54, 1.807) is 13.8 Å². The second-order valence-corrected chi connectivity index (χ2v) is 7.44. The van der Waals surface area contributed by atoms with Crippen molar-refractivity contribution in [1.82, 2.24) is 21.3 Å². The van der Waals surface area contributed by atoms with E-state index in [0.717, 1.165) is 13.0 Å². The van der Waals surface area contributed by atoms with Crippen molar-refractivity contribution in [3.05, 3.63) is 0 Å². The lowest BCUT2D eigenvalue weighted by atomic mass is 10.0. The van der Waals surface area contributed by atoms with E-state index in [4.69, 9.17) is 5.11 Å². The van der Waals surface area contributed by atoms with Crippen LogP contribution in [0.5, 0.6) is 0 Å². The van der Waals surface area contributed by atoms with E-state index < -0.39 is 48.3 Å². The molecule has 0 spiro atoms. The van der Waals surface area contributed by atoms with Gasteiger partial charge in [0.1, 0.15) is 18.1 Å². The molecular weight excluding hydrogens is 384 g/mol. The first-order chi connectivity index (χ1) is 13.5. The molecule has 1 rings (SSSR count). The molecule has 6 N–H and O–H groups in total. The number of hydrogen-bond acceptors (Lipinski definition) is 6. The SMILES string of the molecule is CC(NC(=O)C1CCCN1)C(=O)NC(C(=O)NC(CCC(=O)O)C(=O)O)C(C)C.